The van der Waals surface area contributed by atoms with Crippen LogP contribution >= 0.6 is 11.3 Å². The molecule has 0 N–H and O–H groups in total. The number of amides is 1. The second-order valence-electron chi connectivity index (χ2n) is 6.83. The molecule has 24 heavy (non-hydrogen) atoms. The highest BCUT2D eigenvalue weighted by atomic mass is 32.1. The molecule has 3 aromatic rings. The van der Waals surface area contributed by atoms with Gasteiger partial charge in [0.15, 0.2) is 0 Å². The number of para-hydroxylation sites is 1. The lowest BCUT2D eigenvalue weighted by molar-refractivity contribution is 0.0993. The van der Waals surface area contributed by atoms with Gasteiger partial charge in [0.2, 0.25) is 0 Å². The van der Waals surface area contributed by atoms with Crippen molar-refractivity contribution in [3.8, 4) is 0 Å². The van der Waals surface area contributed by atoms with Crippen molar-refractivity contribution in [1.82, 2.24) is 9.78 Å². The first kappa shape index (κ1) is 15.4. The predicted molar refractivity (Wildman–Crippen MR) is 99.0 cm³/mol. The van der Waals surface area contributed by atoms with Gasteiger partial charge >= 0.3 is 0 Å². The van der Waals surface area contributed by atoms with E-state index in [-0.39, 0.29) is 5.91 Å². The Morgan fingerprint density at radius 1 is 1.33 bits per heavy atom. The predicted octanol–water partition coefficient (Wildman–Crippen LogP) is 4.27. The summed E-state index contributed by atoms with van der Waals surface area (Å²) in [4.78, 5) is 16.9. The van der Waals surface area contributed by atoms with Crippen molar-refractivity contribution >= 4 is 33.1 Å². The molecule has 2 aromatic heterocycles. The summed E-state index contributed by atoms with van der Waals surface area (Å²) in [5.41, 5.74) is 3.32. The maximum atomic E-state index is 13.0. The van der Waals surface area contributed by atoms with Gasteiger partial charge in [-0.15, -0.1) is 11.3 Å². The quantitative estimate of drug-likeness (QED) is 0.715. The molecule has 0 unspecified atom stereocenters. The Hall–Kier alpha value is -2.14. The Bertz CT molecular complexity index is 922. The SMILES string of the molecule is Cc1nn(CC(C)C)c2sc(C(=O)N3CCc4ccccc43)cc12. The standard InChI is InChI=1S/C19H21N3OS/c1-12(2)11-22-19-15(13(3)20-22)10-17(24-19)18(23)21-9-8-14-6-4-5-7-16(14)21/h4-7,10,12H,8-9,11H2,1-3H3. The van der Waals surface area contributed by atoms with E-state index in [0.29, 0.717) is 5.92 Å². The number of nitrogens with zero attached hydrogens (tertiary/aromatic N) is 3. The third-order valence-corrected chi connectivity index (χ3v) is 5.62. The molecule has 124 valence electrons. The number of rotatable bonds is 3. The van der Waals surface area contributed by atoms with Crippen LogP contribution in [0.2, 0.25) is 0 Å². The van der Waals surface area contributed by atoms with Gasteiger partial charge in [-0.3, -0.25) is 9.48 Å². The van der Waals surface area contributed by atoms with E-state index in [1.54, 1.807) is 11.3 Å². The number of hydrogen-bond donors (Lipinski definition) is 0. The number of hydrogen-bond acceptors (Lipinski definition) is 3. The van der Waals surface area contributed by atoms with Gasteiger partial charge in [0.1, 0.15) is 4.83 Å². The molecule has 0 bridgehead atoms. The van der Waals surface area contributed by atoms with Crippen LogP contribution in [0.3, 0.4) is 0 Å². The van der Waals surface area contributed by atoms with Gasteiger partial charge in [-0.25, -0.2) is 0 Å². The minimum Gasteiger partial charge on any atom is -0.307 e. The molecule has 0 aliphatic carbocycles. The third-order valence-electron chi connectivity index (χ3n) is 4.49. The normalized spacial score (nSPS) is 13.9. The van der Waals surface area contributed by atoms with Gasteiger partial charge in [-0.1, -0.05) is 32.0 Å². The Morgan fingerprint density at radius 2 is 2.12 bits per heavy atom. The van der Waals surface area contributed by atoms with Gasteiger partial charge < -0.3 is 4.90 Å². The van der Waals surface area contributed by atoms with Crippen LogP contribution in [0.25, 0.3) is 10.2 Å². The molecule has 3 heterocycles. The smallest absolute Gasteiger partial charge is 0.268 e. The molecular formula is C19H21N3OS. The molecule has 4 rings (SSSR count). The van der Waals surface area contributed by atoms with Crippen LogP contribution in [0.5, 0.6) is 0 Å². The number of fused-ring (bicyclic) bond motifs is 2. The van der Waals surface area contributed by atoms with Gasteiger partial charge in [0, 0.05) is 24.2 Å². The number of aryl methyl sites for hydroxylation is 1. The van der Waals surface area contributed by atoms with E-state index in [0.717, 1.165) is 46.0 Å². The van der Waals surface area contributed by atoms with Crippen molar-refractivity contribution < 1.29 is 4.79 Å². The summed E-state index contributed by atoms with van der Waals surface area (Å²) in [6.07, 6.45) is 0.937. The number of anilines is 1. The maximum absolute atomic E-state index is 13.0. The average molecular weight is 339 g/mol. The molecular weight excluding hydrogens is 318 g/mol. The van der Waals surface area contributed by atoms with Crippen LogP contribution in [0.1, 0.15) is 34.8 Å². The minimum atomic E-state index is 0.108. The van der Waals surface area contributed by atoms with E-state index in [1.165, 1.54) is 5.56 Å². The fraction of sp³-hybridized carbons (Fsp3) is 0.368. The van der Waals surface area contributed by atoms with Crippen LogP contribution < -0.4 is 4.90 Å². The first-order valence-electron chi connectivity index (χ1n) is 8.41. The molecule has 0 saturated carbocycles. The summed E-state index contributed by atoms with van der Waals surface area (Å²) in [6.45, 7) is 8.03. The number of thiophene rings is 1. The van der Waals surface area contributed by atoms with Gasteiger partial charge in [-0.2, -0.15) is 5.10 Å². The van der Waals surface area contributed by atoms with Gasteiger partial charge in [-0.05, 0) is 37.0 Å². The number of carbonyl (C=O) groups excluding carboxylic acids is 1. The molecule has 0 atom stereocenters. The summed E-state index contributed by atoms with van der Waals surface area (Å²) in [7, 11) is 0. The average Bonchev–Trinajstić information content (AvgIpc) is 3.23. The van der Waals surface area contributed by atoms with Crippen molar-refractivity contribution in [2.75, 3.05) is 11.4 Å². The highest BCUT2D eigenvalue weighted by Gasteiger charge is 2.27. The number of aromatic nitrogens is 2. The molecule has 4 nitrogen and oxygen atoms in total. The van der Waals surface area contributed by atoms with E-state index in [1.807, 2.05) is 36.1 Å². The monoisotopic (exact) mass is 339 g/mol. The first-order chi connectivity index (χ1) is 11.5. The molecule has 0 fully saturated rings. The molecule has 0 radical (unpaired) electrons. The fourth-order valence-electron chi connectivity index (χ4n) is 3.37. The third kappa shape index (κ3) is 2.44. The van der Waals surface area contributed by atoms with E-state index in [4.69, 9.17) is 0 Å². The first-order valence-corrected chi connectivity index (χ1v) is 9.23. The van der Waals surface area contributed by atoms with Crippen molar-refractivity contribution in [3.05, 3.63) is 46.5 Å². The van der Waals surface area contributed by atoms with Gasteiger partial charge in [0.25, 0.3) is 5.91 Å². The summed E-state index contributed by atoms with van der Waals surface area (Å²) in [6, 6.07) is 10.2. The van der Waals surface area contributed by atoms with Crippen LogP contribution in [0.4, 0.5) is 5.69 Å². The lowest BCUT2D eigenvalue weighted by atomic mass is 10.2. The van der Waals surface area contributed by atoms with Crippen molar-refractivity contribution in [2.24, 2.45) is 5.92 Å². The lowest BCUT2D eigenvalue weighted by Gasteiger charge is -2.16. The molecule has 1 amide bonds. The molecule has 1 aliphatic rings. The summed E-state index contributed by atoms with van der Waals surface area (Å²) in [5, 5.41) is 5.73. The minimum absolute atomic E-state index is 0.108. The number of carbonyl (C=O) groups is 1. The molecule has 1 aromatic carbocycles. The van der Waals surface area contributed by atoms with E-state index >= 15 is 0 Å². The largest absolute Gasteiger partial charge is 0.307 e. The lowest BCUT2D eigenvalue weighted by Crippen LogP contribution is -2.28. The topological polar surface area (TPSA) is 38.1 Å². The van der Waals surface area contributed by atoms with Gasteiger partial charge in [0.05, 0.1) is 10.6 Å². The second-order valence-corrected chi connectivity index (χ2v) is 7.86. The van der Waals surface area contributed by atoms with E-state index < -0.39 is 0 Å². The Morgan fingerprint density at radius 3 is 2.92 bits per heavy atom. The van der Waals surface area contributed by atoms with Crippen LogP contribution in [-0.4, -0.2) is 22.2 Å². The zero-order chi connectivity index (χ0) is 16.8. The van der Waals surface area contributed by atoms with Crippen LogP contribution in [-0.2, 0) is 13.0 Å². The van der Waals surface area contributed by atoms with Crippen LogP contribution in [0.15, 0.2) is 30.3 Å². The zero-order valence-electron chi connectivity index (χ0n) is 14.2. The Labute approximate surface area is 145 Å². The summed E-state index contributed by atoms with van der Waals surface area (Å²) in [5.74, 6) is 0.635. The summed E-state index contributed by atoms with van der Waals surface area (Å²) < 4.78 is 2.05. The van der Waals surface area contributed by atoms with E-state index in [2.05, 4.69) is 29.7 Å². The van der Waals surface area contributed by atoms with Crippen molar-refractivity contribution in [1.29, 1.82) is 0 Å². The van der Waals surface area contributed by atoms with Crippen molar-refractivity contribution in [2.45, 2.75) is 33.7 Å². The summed E-state index contributed by atoms with van der Waals surface area (Å²) >= 11 is 1.57. The fourth-order valence-corrected chi connectivity index (χ4v) is 4.49. The van der Waals surface area contributed by atoms with Crippen LogP contribution in [0, 0.1) is 12.8 Å². The van der Waals surface area contributed by atoms with Crippen molar-refractivity contribution in [3.63, 3.8) is 0 Å². The highest BCUT2D eigenvalue weighted by molar-refractivity contribution is 7.20. The second kappa shape index (κ2) is 5.74. The molecule has 1 aliphatic heterocycles. The molecule has 0 saturated heterocycles. The Kier molecular flexibility index (Phi) is 3.68. The molecule has 5 heteroatoms. The highest BCUT2D eigenvalue weighted by Crippen LogP contribution is 2.33. The molecule has 0 spiro atoms. The Balaban J connectivity index is 1.71. The zero-order valence-corrected chi connectivity index (χ0v) is 15.1. The van der Waals surface area contributed by atoms with E-state index in [9.17, 15) is 4.79 Å². The number of benzene rings is 1. The maximum Gasteiger partial charge on any atom is 0.268 e.